The first-order valence-corrected chi connectivity index (χ1v) is 3.31. The van der Waals surface area contributed by atoms with Gasteiger partial charge in [0, 0.05) is 6.42 Å². The molecular formula is C5H9ClO4. The van der Waals surface area contributed by atoms with Crippen LogP contribution in [0.1, 0.15) is 6.42 Å². The smallest absolute Gasteiger partial charge is 0.248 e. The van der Waals surface area contributed by atoms with E-state index in [1.807, 2.05) is 0 Å². The van der Waals surface area contributed by atoms with Crippen molar-refractivity contribution in [2.75, 3.05) is 6.61 Å². The van der Waals surface area contributed by atoms with Gasteiger partial charge in [0.05, 0.1) is 12.7 Å². The van der Waals surface area contributed by atoms with E-state index in [2.05, 4.69) is 4.74 Å². The molecule has 5 heteroatoms. The van der Waals surface area contributed by atoms with Gasteiger partial charge in [0.1, 0.15) is 6.10 Å². The fourth-order valence-corrected chi connectivity index (χ4v) is 1.18. The highest BCUT2D eigenvalue weighted by Crippen LogP contribution is 2.31. The van der Waals surface area contributed by atoms with E-state index in [0.29, 0.717) is 0 Å². The molecule has 1 aliphatic heterocycles. The van der Waals surface area contributed by atoms with E-state index >= 15 is 0 Å². The molecule has 0 aromatic heterocycles. The number of halogens is 1. The van der Waals surface area contributed by atoms with Crippen LogP contribution in [-0.4, -0.2) is 39.4 Å². The van der Waals surface area contributed by atoms with Crippen LogP contribution in [0, 0.1) is 0 Å². The maximum Gasteiger partial charge on any atom is 0.248 e. The first-order valence-electron chi connectivity index (χ1n) is 2.93. The number of ether oxygens (including phenoxy) is 1. The molecule has 0 aromatic carbocycles. The number of hydrogen-bond acceptors (Lipinski definition) is 4. The van der Waals surface area contributed by atoms with E-state index in [9.17, 15) is 0 Å². The average molecular weight is 169 g/mol. The van der Waals surface area contributed by atoms with Crippen molar-refractivity contribution in [3.63, 3.8) is 0 Å². The van der Waals surface area contributed by atoms with E-state index in [1.165, 1.54) is 0 Å². The zero-order chi connectivity index (χ0) is 7.78. The maximum absolute atomic E-state index is 9.00. The fourth-order valence-electron chi connectivity index (χ4n) is 0.907. The first kappa shape index (κ1) is 8.23. The second kappa shape index (κ2) is 2.64. The van der Waals surface area contributed by atoms with Gasteiger partial charge in [0.25, 0.3) is 0 Å². The molecule has 1 heterocycles. The fraction of sp³-hybridized carbons (Fsp3) is 1.00. The Morgan fingerprint density at radius 3 is 2.50 bits per heavy atom. The highest BCUT2D eigenvalue weighted by molar-refractivity contribution is 6.21. The van der Waals surface area contributed by atoms with Crippen molar-refractivity contribution in [2.45, 2.75) is 23.9 Å². The molecule has 10 heavy (non-hydrogen) atoms. The van der Waals surface area contributed by atoms with Crippen molar-refractivity contribution in [1.29, 1.82) is 0 Å². The zero-order valence-electron chi connectivity index (χ0n) is 5.20. The largest absolute Gasteiger partial charge is 0.394 e. The molecule has 1 saturated heterocycles. The molecule has 0 bridgehead atoms. The number of alkyl halides is 1. The van der Waals surface area contributed by atoms with Gasteiger partial charge >= 0.3 is 0 Å². The van der Waals surface area contributed by atoms with E-state index in [0.717, 1.165) is 0 Å². The molecular weight excluding hydrogens is 160 g/mol. The van der Waals surface area contributed by atoms with Crippen LogP contribution in [-0.2, 0) is 4.74 Å². The lowest BCUT2D eigenvalue weighted by Crippen LogP contribution is -2.25. The van der Waals surface area contributed by atoms with Gasteiger partial charge in [-0.25, -0.2) is 0 Å². The molecule has 3 N–H and O–H groups in total. The average Bonchev–Trinajstić information content (AvgIpc) is 2.05. The van der Waals surface area contributed by atoms with Crippen LogP contribution in [0.4, 0.5) is 0 Å². The number of hydrogen-bond donors (Lipinski definition) is 3. The van der Waals surface area contributed by atoms with Crippen LogP contribution >= 0.6 is 11.6 Å². The minimum atomic E-state index is -1.80. The van der Waals surface area contributed by atoms with Crippen LogP contribution in [0.3, 0.4) is 0 Å². The summed E-state index contributed by atoms with van der Waals surface area (Å²) in [6.07, 6.45) is -1.71. The van der Waals surface area contributed by atoms with Crippen molar-refractivity contribution in [3.05, 3.63) is 0 Å². The van der Waals surface area contributed by atoms with Crippen molar-refractivity contribution >= 4 is 11.6 Å². The summed E-state index contributed by atoms with van der Waals surface area (Å²) in [5.74, 6) is 0. The van der Waals surface area contributed by atoms with Crippen molar-refractivity contribution in [3.8, 4) is 0 Å². The highest BCUT2D eigenvalue weighted by atomic mass is 35.5. The molecule has 4 nitrogen and oxygen atoms in total. The van der Waals surface area contributed by atoms with Crippen molar-refractivity contribution in [1.82, 2.24) is 0 Å². The Labute approximate surface area is 63.0 Å². The van der Waals surface area contributed by atoms with Gasteiger partial charge in [-0.15, -0.1) is 0 Å². The third-order valence-corrected chi connectivity index (χ3v) is 1.65. The van der Waals surface area contributed by atoms with Gasteiger partial charge in [-0.05, 0) is 0 Å². The standard InChI is InChI=1S/C5H9ClO4/c6-5(9)1-3(8)4(2-7)10-5/h3-4,7-9H,1-2H2/t3-,4+,5-/m0/s1. The third kappa shape index (κ3) is 1.59. The molecule has 1 aliphatic rings. The van der Waals surface area contributed by atoms with Crippen LogP contribution in [0.5, 0.6) is 0 Å². The summed E-state index contributed by atoms with van der Waals surface area (Å²) in [4.78, 5) is 0. The van der Waals surface area contributed by atoms with E-state index < -0.39 is 17.5 Å². The van der Waals surface area contributed by atoms with E-state index in [4.69, 9.17) is 26.9 Å². The normalized spacial score (nSPS) is 48.0. The molecule has 0 amide bonds. The molecule has 0 aliphatic carbocycles. The molecule has 3 atom stereocenters. The second-order valence-corrected chi connectivity index (χ2v) is 2.89. The number of aliphatic hydroxyl groups excluding tert-OH is 2. The number of rotatable bonds is 1. The van der Waals surface area contributed by atoms with Gasteiger partial charge in [0.15, 0.2) is 0 Å². The van der Waals surface area contributed by atoms with Crippen molar-refractivity contribution < 1.29 is 20.1 Å². The highest BCUT2D eigenvalue weighted by Gasteiger charge is 2.42. The van der Waals surface area contributed by atoms with Crippen molar-refractivity contribution in [2.24, 2.45) is 0 Å². The van der Waals surface area contributed by atoms with Crippen LogP contribution in [0.2, 0.25) is 0 Å². The SMILES string of the molecule is OC[C@H]1O[C@](O)(Cl)C[C@@H]1O. The summed E-state index contributed by atoms with van der Waals surface area (Å²) in [7, 11) is 0. The first-order chi connectivity index (χ1) is 4.55. The summed E-state index contributed by atoms with van der Waals surface area (Å²) in [5.41, 5.74) is 0. The topological polar surface area (TPSA) is 69.9 Å². The van der Waals surface area contributed by atoms with Gasteiger partial charge in [-0.3, -0.25) is 0 Å². The quantitative estimate of drug-likeness (QED) is 0.440. The van der Waals surface area contributed by atoms with E-state index in [-0.39, 0.29) is 13.0 Å². The molecule has 0 spiro atoms. The summed E-state index contributed by atoms with van der Waals surface area (Å²) < 4.78 is 4.63. The lowest BCUT2D eigenvalue weighted by Gasteiger charge is -2.12. The van der Waals surface area contributed by atoms with Crippen LogP contribution in [0.15, 0.2) is 0 Å². The van der Waals surface area contributed by atoms with Crippen LogP contribution in [0.25, 0.3) is 0 Å². The Kier molecular flexibility index (Phi) is 2.17. The minimum Gasteiger partial charge on any atom is -0.394 e. The Morgan fingerprint density at radius 1 is 1.70 bits per heavy atom. The third-order valence-electron chi connectivity index (χ3n) is 1.40. The van der Waals surface area contributed by atoms with Crippen LogP contribution < -0.4 is 0 Å². The Morgan fingerprint density at radius 2 is 2.30 bits per heavy atom. The van der Waals surface area contributed by atoms with Gasteiger partial charge < -0.3 is 20.1 Å². The number of aliphatic hydroxyl groups is 3. The molecule has 1 rings (SSSR count). The summed E-state index contributed by atoms with van der Waals surface area (Å²) in [6.45, 7) is -0.337. The summed E-state index contributed by atoms with van der Waals surface area (Å²) >= 11 is 5.30. The lowest BCUT2D eigenvalue weighted by molar-refractivity contribution is -0.139. The Balaban J connectivity index is 2.52. The Hall–Kier alpha value is 0.130. The molecule has 1 fully saturated rings. The maximum atomic E-state index is 9.00. The predicted molar refractivity (Wildman–Crippen MR) is 33.4 cm³/mol. The Bertz CT molecular complexity index is 127. The van der Waals surface area contributed by atoms with E-state index in [1.54, 1.807) is 0 Å². The lowest BCUT2D eigenvalue weighted by atomic mass is 10.2. The summed E-state index contributed by atoms with van der Waals surface area (Å²) in [5, 5.41) is 24.6. The molecule has 0 saturated carbocycles. The van der Waals surface area contributed by atoms with Gasteiger partial charge in [0.2, 0.25) is 5.25 Å². The summed E-state index contributed by atoms with van der Waals surface area (Å²) in [6, 6.07) is 0. The van der Waals surface area contributed by atoms with Gasteiger partial charge in [-0.1, -0.05) is 11.6 Å². The molecule has 60 valence electrons. The molecule has 0 aromatic rings. The minimum absolute atomic E-state index is 0.0697. The molecule has 0 radical (unpaired) electrons. The monoisotopic (exact) mass is 168 g/mol. The predicted octanol–water partition coefficient (Wildman–Crippen LogP) is -0.987. The second-order valence-electron chi connectivity index (χ2n) is 2.30. The van der Waals surface area contributed by atoms with Gasteiger partial charge in [-0.2, -0.15) is 0 Å². The molecule has 0 unspecified atom stereocenters. The zero-order valence-corrected chi connectivity index (χ0v) is 5.95.